The zero-order chi connectivity index (χ0) is 20.3. The highest BCUT2D eigenvalue weighted by atomic mass is 127. The van der Waals surface area contributed by atoms with E-state index >= 15 is 0 Å². The number of piperidine rings is 1. The smallest absolute Gasteiger partial charge is 0.191 e. The van der Waals surface area contributed by atoms with E-state index in [1.54, 1.807) is 18.1 Å². The quantitative estimate of drug-likeness (QED) is 0.228. The molecule has 1 aromatic heterocycles. The minimum atomic E-state index is 0. The van der Waals surface area contributed by atoms with Crippen molar-refractivity contribution in [2.75, 3.05) is 33.2 Å². The van der Waals surface area contributed by atoms with Gasteiger partial charge in [-0.2, -0.15) is 5.10 Å². The molecule has 1 aliphatic heterocycles. The third kappa shape index (κ3) is 8.22. The van der Waals surface area contributed by atoms with Crippen molar-refractivity contribution in [3.8, 4) is 0 Å². The number of halogens is 1. The van der Waals surface area contributed by atoms with Crippen LogP contribution in [0.15, 0.2) is 41.7 Å². The molecule has 8 heteroatoms. The van der Waals surface area contributed by atoms with Crippen LogP contribution in [-0.4, -0.2) is 58.9 Å². The lowest BCUT2D eigenvalue weighted by atomic mass is 9.90. The first-order chi connectivity index (χ1) is 14.2. The fourth-order valence-corrected chi connectivity index (χ4v) is 3.89. The van der Waals surface area contributed by atoms with Crippen LogP contribution in [0.2, 0.25) is 0 Å². The van der Waals surface area contributed by atoms with Gasteiger partial charge in [-0.05, 0) is 63.2 Å². The summed E-state index contributed by atoms with van der Waals surface area (Å²) < 4.78 is 1.77. The first-order valence-electron chi connectivity index (χ1n) is 10.8. The van der Waals surface area contributed by atoms with Crippen molar-refractivity contribution in [2.24, 2.45) is 18.0 Å². The van der Waals surface area contributed by atoms with Crippen molar-refractivity contribution in [1.82, 2.24) is 30.3 Å². The third-order valence-corrected chi connectivity index (χ3v) is 5.71. The molecule has 0 aliphatic carbocycles. The molecule has 0 bridgehead atoms. The number of unbranched alkanes of at least 4 members (excludes halogenated alkanes) is 1. The SMILES string of the molecule is CN=C(NCCCCN1CCC(Cc2ccccc2)CC1)NCc1ncnn1C.I. The highest BCUT2D eigenvalue weighted by Crippen LogP contribution is 2.21. The number of benzene rings is 1. The van der Waals surface area contributed by atoms with Crippen LogP contribution >= 0.6 is 24.0 Å². The number of aliphatic imine (C=N–C) groups is 1. The normalized spacial score (nSPS) is 15.6. The zero-order valence-corrected chi connectivity index (χ0v) is 20.6. The molecule has 30 heavy (non-hydrogen) atoms. The van der Waals surface area contributed by atoms with E-state index in [0.717, 1.165) is 30.7 Å². The number of rotatable bonds is 9. The van der Waals surface area contributed by atoms with Crippen molar-refractivity contribution in [3.63, 3.8) is 0 Å². The van der Waals surface area contributed by atoms with E-state index in [1.165, 1.54) is 50.9 Å². The Bertz CT molecular complexity index is 739. The van der Waals surface area contributed by atoms with Gasteiger partial charge in [0, 0.05) is 20.6 Å². The Balaban J connectivity index is 0.00000320. The second-order valence-corrected chi connectivity index (χ2v) is 7.83. The van der Waals surface area contributed by atoms with E-state index in [9.17, 15) is 0 Å². The molecule has 0 amide bonds. The van der Waals surface area contributed by atoms with Crippen LogP contribution < -0.4 is 10.6 Å². The number of guanidine groups is 1. The lowest BCUT2D eigenvalue weighted by molar-refractivity contribution is 0.181. The molecule has 166 valence electrons. The summed E-state index contributed by atoms with van der Waals surface area (Å²) in [6.45, 7) is 5.24. The predicted molar refractivity (Wildman–Crippen MR) is 133 cm³/mol. The summed E-state index contributed by atoms with van der Waals surface area (Å²) >= 11 is 0. The minimum Gasteiger partial charge on any atom is -0.356 e. The summed E-state index contributed by atoms with van der Waals surface area (Å²) in [6.07, 6.45) is 7.82. The molecule has 2 aromatic rings. The van der Waals surface area contributed by atoms with E-state index < -0.39 is 0 Å². The van der Waals surface area contributed by atoms with Crippen molar-refractivity contribution in [1.29, 1.82) is 0 Å². The van der Waals surface area contributed by atoms with Gasteiger partial charge in [0.15, 0.2) is 5.96 Å². The molecule has 0 unspecified atom stereocenters. The molecule has 2 heterocycles. The van der Waals surface area contributed by atoms with Crippen LogP contribution in [0.3, 0.4) is 0 Å². The van der Waals surface area contributed by atoms with Crippen molar-refractivity contribution in [3.05, 3.63) is 48.0 Å². The highest BCUT2D eigenvalue weighted by Gasteiger charge is 2.18. The van der Waals surface area contributed by atoms with E-state index in [1.807, 2.05) is 7.05 Å². The van der Waals surface area contributed by atoms with E-state index in [4.69, 9.17) is 0 Å². The lowest BCUT2D eigenvalue weighted by Gasteiger charge is -2.32. The van der Waals surface area contributed by atoms with Gasteiger partial charge in [-0.3, -0.25) is 9.67 Å². The summed E-state index contributed by atoms with van der Waals surface area (Å²) in [6, 6.07) is 10.9. The molecule has 7 nitrogen and oxygen atoms in total. The second kappa shape index (κ2) is 13.6. The van der Waals surface area contributed by atoms with Gasteiger partial charge in [0.25, 0.3) is 0 Å². The van der Waals surface area contributed by atoms with Gasteiger partial charge in [0.2, 0.25) is 0 Å². The maximum absolute atomic E-state index is 4.27. The summed E-state index contributed by atoms with van der Waals surface area (Å²) in [5.74, 6) is 2.55. The maximum Gasteiger partial charge on any atom is 0.191 e. The Kier molecular flexibility index (Phi) is 11.1. The highest BCUT2D eigenvalue weighted by molar-refractivity contribution is 14.0. The number of hydrogen-bond donors (Lipinski definition) is 2. The Labute approximate surface area is 197 Å². The third-order valence-electron chi connectivity index (χ3n) is 5.71. The zero-order valence-electron chi connectivity index (χ0n) is 18.3. The van der Waals surface area contributed by atoms with Gasteiger partial charge < -0.3 is 15.5 Å². The summed E-state index contributed by atoms with van der Waals surface area (Å²) in [7, 11) is 3.69. The van der Waals surface area contributed by atoms with Gasteiger partial charge in [-0.15, -0.1) is 24.0 Å². The number of aromatic nitrogens is 3. The van der Waals surface area contributed by atoms with E-state index in [0.29, 0.717) is 6.54 Å². The molecule has 3 rings (SSSR count). The number of aryl methyl sites for hydroxylation is 1. The van der Waals surface area contributed by atoms with Crippen LogP contribution in [0, 0.1) is 5.92 Å². The average molecular weight is 525 g/mol. The van der Waals surface area contributed by atoms with Gasteiger partial charge in [0.1, 0.15) is 12.2 Å². The molecule has 1 saturated heterocycles. The Morgan fingerprint density at radius 2 is 1.90 bits per heavy atom. The molecule has 1 aromatic carbocycles. The lowest BCUT2D eigenvalue weighted by Crippen LogP contribution is -2.38. The molecule has 2 N–H and O–H groups in total. The van der Waals surface area contributed by atoms with Crippen molar-refractivity contribution in [2.45, 2.75) is 38.6 Å². The van der Waals surface area contributed by atoms with Crippen LogP contribution in [0.5, 0.6) is 0 Å². The molecular formula is C22H36IN7. The molecule has 1 aliphatic rings. The van der Waals surface area contributed by atoms with E-state index in [2.05, 4.69) is 60.9 Å². The fraction of sp³-hybridized carbons (Fsp3) is 0.591. The molecule has 0 atom stereocenters. The van der Waals surface area contributed by atoms with Crippen LogP contribution in [0.4, 0.5) is 0 Å². The van der Waals surface area contributed by atoms with Gasteiger partial charge >= 0.3 is 0 Å². The van der Waals surface area contributed by atoms with Gasteiger partial charge in [-0.25, -0.2) is 4.98 Å². The molecular weight excluding hydrogens is 489 g/mol. The first kappa shape index (κ1) is 24.6. The van der Waals surface area contributed by atoms with Crippen LogP contribution in [-0.2, 0) is 20.0 Å². The summed E-state index contributed by atoms with van der Waals surface area (Å²) in [5, 5.41) is 10.7. The van der Waals surface area contributed by atoms with Crippen LogP contribution in [0.25, 0.3) is 0 Å². The van der Waals surface area contributed by atoms with E-state index in [-0.39, 0.29) is 24.0 Å². The maximum atomic E-state index is 4.27. The topological polar surface area (TPSA) is 70.4 Å². The average Bonchev–Trinajstić information content (AvgIpc) is 3.17. The number of likely N-dealkylation sites (tertiary alicyclic amines) is 1. The number of nitrogens with one attached hydrogen (secondary N) is 2. The molecule has 0 radical (unpaired) electrons. The Morgan fingerprint density at radius 3 is 2.57 bits per heavy atom. The monoisotopic (exact) mass is 525 g/mol. The van der Waals surface area contributed by atoms with Gasteiger partial charge in [-0.1, -0.05) is 30.3 Å². The predicted octanol–water partition coefficient (Wildman–Crippen LogP) is 2.83. The molecule has 0 saturated carbocycles. The van der Waals surface area contributed by atoms with Crippen molar-refractivity contribution >= 4 is 29.9 Å². The number of nitrogens with zero attached hydrogens (tertiary/aromatic N) is 5. The molecule has 1 fully saturated rings. The minimum absolute atomic E-state index is 0. The Morgan fingerprint density at radius 1 is 1.13 bits per heavy atom. The number of hydrogen-bond acceptors (Lipinski definition) is 4. The van der Waals surface area contributed by atoms with Gasteiger partial charge in [0.05, 0.1) is 6.54 Å². The first-order valence-corrected chi connectivity index (χ1v) is 10.8. The fourth-order valence-electron chi connectivity index (χ4n) is 3.89. The second-order valence-electron chi connectivity index (χ2n) is 7.83. The summed E-state index contributed by atoms with van der Waals surface area (Å²) in [5.41, 5.74) is 1.48. The largest absolute Gasteiger partial charge is 0.356 e. The molecule has 0 spiro atoms. The summed E-state index contributed by atoms with van der Waals surface area (Å²) in [4.78, 5) is 11.1. The Hall–Kier alpha value is -1.68. The van der Waals surface area contributed by atoms with Crippen LogP contribution in [0.1, 0.15) is 37.1 Å². The standard InChI is InChI=1S/C22H35N7.HI/c1-23-22(25-17-21-26-18-27-28(21)2)24-12-6-7-13-29-14-10-20(11-15-29)16-19-8-4-3-5-9-19;/h3-5,8-9,18,20H,6-7,10-17H2,1-2H3,(H2,23,24,25);1H. The van der Waals surface area contributed by atoms with Crippen molar-refractivity contribution < 1.29 is 0 Å².